The number of fused-ring (bicyclic) bond motifs is 1. The van der Waals surface area contributed by atoms with E-state index in [0.717, 1.165) is 25.6 Å². The maximum Gasteiger partial charge on any atom is 0.434 e. The van der Waals surface area contributed by atoms with Crippen molar-refractivity contribution < 1.29 is 17.9 Å². The normalized spacial score (nSPS) is 27.9. The third-order valence-corrected chi connectivity index (χ3v) is 3.60. The second-order valence-electron chi connectivity index (χ2n) is 4.80. The maximum atomic E-state index is 12.5. The molecule has 0 bridgehead atoms. The number of nitrogens with zero attached hydrogens (tertiary/aromatic N) is 2. The molecule has 2 aliphatic heterocycles. The topological polar surface area (TPSA) is 39.1 Å². The van der Waals surface area contributed by atoms with Crippen molar-refractivity contribution in [3.63, 3.8) is 0 Å². The molecule has 4 nitrogen and oxygen atoms in total. The predicted molar refractivity (Wildman–Crippen MR) is 58.2 cm³/mol. The van der Waals surface area contributed by atoms with E-state index in [1.54, 1.807) is 0 Å². The number of aromatic nitrogens is 2. The van der Waals surface area contributed by atoms with E-state index in [4.69, 9.17) is 4.74 Å². The van der Waals surface area contributed by atoms with Gasteiger partial charge in [-0.25, -0.2) is 4.98 Å². The van der Waals surface area contributed by atoms with Gasteiger partial charge in [0.1, 0.15) is 0 Å². The Kier molecular flexibility index (Phi) is 2.73. The number of imidazole rings is 1. The number of halogens is 3. The van der Waals surface area contributed by atoms with Crippen molar-refractivity contribution in [1.82, 2.24) is 9.55 Å². The van der Waals surface area contributed by atoms with Crippen LogP contribution in [0, 0.1) is 5.92 Å². The van der Waals surface area contributed by atoms with Crippen molar-refractivity contribution in [2.75, 3.05) is 18.5 Å². The molecule has 1 fully saturated rings. The summed E-state index contributed by atoms with van der Waals surface area (Å²) in [4.78, 5) is 3.63. The maximum absolute atomic E-state index is 12.5. The van der Waals surface area contributed by atoms with E-state index in [2.05, 4.69) is 10.3 Å². The van der Waals surface area contributed by atoms with Gasteiger partial charge in [0.15, 0.2) is 5.69 Å². The van der Waals surface area contributed by atoms with E-state index in [-0.39, 0.29) is 6.04 Å². The van der Waals surface area contributed by atoms with Crippen LogP contribution in [0.25, 0.3) is 0 Å². The number of hydrogen-bond donors (Lipinski definition) is 1. The van der Waals surface area contributed by atoms with Crippen LogP contribution in [0.1, 0.15) is 18.5 Å². The zero-order valence-electron chi connectivity index (χ0n) is 9.70. The van der Waals surface area contributed by atoms with Gasteiger partial charge in [-0.05, 0) is 12.8 Å². The lowest BCUT2D eigenvalue weighted by Gasteiger charge is -2.29. The summed E-state index contributed by atoms with van der Waals surface area (Å²) in [6.07, 6.45) is -1.53. The van der Waals surface area contributed by atoms with Crippen LogP contribution in [-0.2, 0) is 17.5 Å². The van der Waals surface area contributed by atoms with Gasteiger partial charge >= 0.3 is 6.18 Å². The van der Waals surface area contributed by atoms with E-state index in [1.807, 2.05) is 0 Å². The van der Waals surface area contributed by atoms with Gasteiger partial charge in [-0.15, -0.1) is 0 Å². The molecule has 1 saturated heterocycles. The van der Waals surface area contributed by atoms with Crippen molar-refractivity contribution in [3.05, 3.63) is 11.9 Å². The van der Waals surface area contributed by atoms with Crippen LogP contribution < -0.4 is 5.32 Å². The number of hydrogen-bond acceptors (Lipinski definition) is 3. The van der Waals surface area contributed by atoms with Crippen LogP contribution in [-0.4, -0.2) is 28.8 Å². The quantitative estimate of drug-likeness (QED) is 0.841. The molecular formula is C11H14F3N3O. The predicted octanol–water partition coefficient (Wildman–Crippen LogP) is 2.12. The van der Waals surface area contributed by atoms with Gasteiger partial charge in [0.2, 0.25) is 5.95 Å². The third-order valence-electron chi connectivity index (χ3n) is 3.60. The van der Waals surface area contributed by atoms with Crippen LogP contribution in [0.5, 0.6) is 0 Å². The molecule has 0 spiro atoms. The van der Waals surface area contributed by atoms with Crippen LogP contribution in [0.3, 0.4) is 0 Å². The number of nitrogens with one attached hydrogen (secondary N) is 1. The number of aryl methyl sites for hydroxylation is 1. The molecule has 100 valence electrons. The lowest BCUT2D eigenvalue weighted by Crippen LogP contribution is -2.35. The molecule has 3 heterocycles. The Labute approximate surface area is 102 Å². The molecule has 0 amide bonds. The van der Waals surface area contributed by atoms with E-state index < -0.39 is 11.9 Å². The fourth-order valence-electron chi connectivity index (χ4n) is 2.58. The van der Waals surface area contributed by atoms with Gasteiger partial charge in [-0.1, -0.05) is 0 Å². The van der Waals surface area contributed by atoms with Crippen LogP contribution in [0.15, 0.2) is 6.20 Å². The first-order valence-electron chi connectivity index (χ1n) is 6.02. The second-order valence-corrected chi connectivity index (χ2v) is 4.80. The summed E-state index contributed by atoms with van der Waals surface area (Å²) in [6.45, 7) is 2.00. The fourth-order valence-corrected chi connectivity index (χ4v) is 2.58. The van der Waals surface area contributed by atoms with Gasteiger partial charge in [-0.3, -0.25) is 0 Å². The number of ether oxygens (including phenoxy) is 1. The highest BCUT2D eigenvalue weighted by Gasteiger charge is 2.37. The van der Waals surface area contributed by atoms with Gasteiger partial charge in [0.05, 0.1) is 6.61 Å². The molecule has 1 aromatic rings. The Bertz CT molecular complexity index is 437. The SMILES string of the molecule is FC(F)(F)c1cn2c(n1)NC(C1CCOC1)CC2. The van der Waals surface area contributed by atoms with Gasteiger partial charge in [0, 0.05) is 31.3 Å². The first kappa shape index (κ1) is 11.8. The Balaban J connectivity index is 1.78. The smallest absolute Gasteiger partial charge is 0.381 e. The summed E-state index contributed by atoms with van der Waals surface area (Å²) in [5.41, 5.74) is -0.826. The van der Waals surface area contributed by atoms with Crippen molar-refractivity contribution in [3.8, 4) is 0 Å². The molecule has 18 heavy (non-hydrogen) atoms. The molecular weight excluding hydrogens is 247 g/mol. The molecule has 0 radical (unpaired) electrons. The molecule has 0 aliphatic carbocycles. The standard InChI is InChI=1S/C11H14F3N3O/c12-11(13,14)9-5-17-3-1-8(15-10(17)16-9)7-2-4-18-6-7/h5,7-8H,1-4,6H2,(H,15,16). The molecule has 1 aromatic heterocycles. The Morgan fingerprint density at radius 1 is 1.39 bits per heavy atom. The fraction of sp³-hybridized carbons (Fsp3) is 0.727. The number of rotatable bonds is 1. The van der Waals surface area contributed by atoms with Crippen molar-refractivity contribution >= 4 is 5.95 Å². The summed E-state index contributed by atoms with van der Waals surface area (Å²) >= 11 is 0. The Morgan fingerprint density at radius 2 is 2.22 bits per heavy atom. The first-order valence-corrected chi connectivity index (χ1v) is 6.02. The minimum absolute atomic E-state index is 0.170. The van der Waals surface area contributed by atoms with E-state index in [1.165, 1.54) is 4.57 Å². The van der Waals surface area contributed by atoms with E-state index in [0.29, 0.717) is 25.0 Å². The average Bonchev–Trinajstić information content (AvgIpc) is 2.96. The van der Waals surface area contributed by atoms with E-state index >= 15 is 0 Å². The molecule has 0 saturated carbocycles. The lowest BCUT2D eigenvalue weighted by molar-refractivity contribution is -0.140. The van der Waals surface area contributed by atoms with Crippen molar-refractivity contribution in [1.29, 1.82) is 0 Å². The number of anilines is 1. The summed E-state index contributed by atoms with van der Waals surface area (Å²) in [7, 11) is 0. The minimum Gasteiger partial charge on any atom is -0.381 e. The third kappa shape index (κ3) is 2.07. The highest BCUT2D eigenvalue weighted by molar-refractivity contribution is 5.33. The average molecular weight is 261 g/mol. The lowest BCUT2D eigenvalue weighted by atomic mass is 9.95. The second kappa shape index (κ2) is 4.15. The highest BCUT2D eigenvalue weighted by atomic mass is 19.4. The summed E-state index contributed by atoms with van der Waals surface area (Å²) in [5.74, 6) is 0.704. The Hall–Kier alpha value is -1.24. The summed E-state index contributed by atoms with van der Waals surface area (Å²) in [6, 6.07) is 0.170. The van der Waals surface area contributed by atoms with Gasteiger partial charge < -0.3 is 14.6 Å². The van der Waals surface area contributed by atoms with Crippen molar-refractivity contribution in [2.45, 2.75) is 31.6 Å². The summed E-state index contributed by atoms with van der Waals surface area (Å²) < 4.78 is 44.5. The molecule has 3 rings (SSSR count). The monoisotopic (exact) mass is 261 g/mol. The van der Waals surface area contributed by atoms with Gasteiger partial charge in [-0.2, -0.15) is 13.2 Å². The molecule has 2 atom stereocenters. The zero-order chi connectivity index (χ0) is 12.8. The van der Waals surface area contributed by atoms with Crippen LogP contribution in [0.4, 0.5) is 19.1 Å². The molecule has 0 aromatic carbocycles. The summed E-state index contributed by atoms with van der Waals surface area (Å²) in [5, 5.41) is 3.10. The van der Waals surface area contributed by atoms with Crippen LogP contribution >= 0.6 is 0 Å². The van der Waals surface area contributed by atoms with Crippen molar-refractivity contribution in [2.24, 2.45) is 5.92 Å². The molecule has 1 N–H and O–H groups in total. The van der Waals surface area contributed by atoms with Crippen LogP contribution in [0.2, 0.25) is 0 Å². The largest absolute Gasteiger partial charge is 0.434 e. The minimum atomic E-state index is -4.38. The highest BCUT2D eigenvalue weighted by Crippen LogP contribution is 2.32. The first-order chi connectivity index (χ1) is 8.54. The molecule has 2 unspecified atom stereocenters. The zero-order valence-corrected chi connectivity index (χ0v) is 9.70. The number of alkyl halides is 3. The Morgan fingerprint density at radius 3 is 2.89 bits per heavy atom. The van der Waals surface area contributed by atoms with Gasteiger partial charge in [0.25, 0.3) is 0 Å². The van der Waals surface area contributed by atoms with E-state index in [9.17, 15) is 13.2 Å². The molecule has 2 aliphatic rings. The molecule has 7 heteroatoms.